The van der Waals surface area contributed by atoms with Gasteiger partial charge in [0.05, 0.1) is 11.5 Å². The van der Waals surface area contributed by atoms with Gasteiger partial charge in [0.2, 0.25) is 5.91 Å². The number of aryl methyl sites for hydroxylation is 1. The number of ketones is 4. The molecule has 4 rings (SSSR count). The summed E-state index contributed by atoms with van der Waals surface area (Å²) in [5, 5.41) is 21.5. The largest absolute Gasteiger partial charge is 0.507 e. The highest BCUT2D eigenvalue weighted by Gasteiger charge is 2.66. The molecule has 0 bridgehead atoms. The minimum atomic E-state index is -2.60. The van der Waals surface area contributed by atoms with E-state index < -0.39 is 58.3 Å². The van der Waals surface area contributed by atoms with Crippen LogP contribution in [0.25, 0.3) is 0 Å². The molecular weight excluding hydrogens is 402 g/mol. The number of hydrogen-bond donors (Lipinski definition) is 3. The van der Waals surface area contributed by atoms with Crippen LogP contribution in [0.5, 0.6) is 5.75 Å². The van der Waals surface area contributed by atoms with Crippen LogP contribution in [-0.4, -0.2) is 44.9 Å². The monoisotopic (exact) mass is 427 g/mol. The lowest BCUT2D eigenvalue weighted by molar-refractivity contribution is -0.175. The molecular formula is C23H25NO7. The summed E-state index contributed by atoms with van der Waals surface area (Å²) in [6, 6.07) is 3.21. The third kappa shape index (κ3) is 2.96. The number of carbonyl (C=O) groups excluding carboxylic acids is 5. The lowest BCUT2D eigenvalue weighted by Crippen LogP contribution is -2.68. The van der Waals surface area contributed by atoms with Gasteiger partial charge in [-0.3, -0.25) is 24.0 Å². The van der Waals surface area contributed by atoms with E-state index in [4.69, 9.17) is 5.73 Å². The Balaban J connectivity index is 1.78. The van der Waals surface area contributed by atoms with E-state index >= 15 is 0 Å². The third-order valence-electron chi connectivity index (χ3n) is 7.18. The molecule has 2 fully saturated rings. The first-order valence-corrected chi connectivity index (χ1v) is 10.6. The predicted octanol–water partition coefficient (Wildman–Crippen LogP) is 0.669. The summed E-state index contributed by atoms with van der Waals surface area (Å²) in [5.74, 6) is -9.70. The summed E-state index contributed by atoms with van der Waals surface area (Å²) in [4.78, 5) is 63.5. The molecule has 1 aromatic carbocycles. The average molecular weight is 427 g/mol. The fourth-order valence-corrected chi connectivity index (χ4v) is 5.63. The van der Waals surface area contributed by atoms with Gasteiger partial charge in [0.15, 0.2) is 34.7 Å². The van der Waals surface area contributed by atoms with Crippen molar-refractivity contribution in [2.75, 3.05) is 0 Å². The topological polar surface area (TPSA) is 152 Å². The van der Waals surface area contributed by atoms with Crippen molar-refractivity contribution < 1.29 is 34.2 Å². The number of aliphatic hydroxyl groups is 1. The molecule has 3 aliphatic carbocycles. The zero-order chi connectivity index (χ0) is 22.7. The lowest BCUT2D eigenvalue weighted by atomic mass is 9.53. The summed E-state index contributed by atoms with van der Waals surface area (Å²) >= 11 is 0. The molecule has 2 saturated carbocycles. The molecule has 164 valence electrons. The number of fused-ring (bicyclic) bond motifs is 3. The van der Waals surface area contributed by atoms with E-state index in [0.29, 0.717) is 12.0 Å². The van der Waals surface area contributed by atoms with Crippen molar-refractivity contribution in [1.29, 1.82) is 0 Å². The Labute approximate surface area is 178 Å². The van der Waals surface area contributed by atoms with Crippen LogP contribution in [-0.2, 0) is 32.0 Å². The number of unbranched alkanes of at least 4 members (excludes halogenated alkanes) is 1. The van der Waals surface area contributed by atoms with Crippen molar-refractivity contribution in [3.8, 4) is 5.75 Å². The highest BCUT2D eigenvalue weighted by molar-refractivity contribution is 6.31. The Morgan fingerprint density at radius 1 is 1.16 bits per heavy atom. The molecule has 1 amide bonds. The van der Waals surface area contributed by atoms with Crippen LogP contribution < -0.4 is 5.73 Å². The normalized spacial score (nSPS) is 32.3. The van der Waals surface area contributed by atoms with Crippen molar-refractivity contribution in [3.63, 3.8) is 0 Å². The number of phenolic OH excluding ortho intramolecular Hbond substituents is 1. The second kappa shape index (κ2) is 7.37. The van der Waals surface area contributed by atoms with Crippen LogP contribution in [0.4, 0.5) is 0 Å². The predicted molar refractivity (Wildman–Crippen MR) is 107 cm³/mol. The molecule has 0 saturated heterocycles. The Bertz CT molecular complexity index is 1030. The third-order valence-corrected chi connectivity index (χ3v) is 7.18. The van der Waals surface area contributed by atoms with Crippen molar-refractivity contribution in [2.45, 2.75) is 51.0 Å². The number of rotatable bonds is 4. The summed E-state index contributed by atoms with van der Waals surface area (Å²) in [6.45, 7) is 2.05. The molecule has 8 nitrogen and oxygen atoms in total. The molecule has 0 radical (unpaired) electrons. The Morgan fingerprint density at radius 2 is 1.87 bits per heavy atom. The Hall–Kier alpha value is -2.87. The summed E-state index contributed by atoms with van der Waals surface area (Å²) in [6.07, 6.45) is 2.70. The lowest BCUT2D eigenvalue weighted by Gasteiger charge is -2.48. The van der Waals surface area contributed by atoms with Gasteiger partial charge in [-0.05, 0) is 48.8 Å². The number of nitrogens with two attached hydrogens (primary N) is 1. The van der Waals surface area contributed by atoms with Gasteiger partial charge in [-0.2, -0.15) is 0 Å². The number of carbonyl (C=O) groups is 5. The van der Waals surface area contributed by atoms with Gasteiger partial charge in [-0.1, -0.05) is 19.4 Å². The van der Waals surface area contributed by atoms with Crippen molar-refractivity contribution >= 4 is 29.0 Å². The summed E-state index contributed by atoms with van der Waals surface area (Å²) < 4.78 is 0. The van der Waals surface area contributed by atoms with Crippen LogP contribution in [0.1, 0.15) is 54.1 Å². The van der Waals surface area contributed by atoms with Gasteiger partial charge >= 0.3 is 0 Å². The first-order valence-electron chi connectivity index (χ1n) is 10.6. The first-order chi connectivity index (χ1) is 14.6. The number of primary amides is 1. The summed E-state index contributed by atoms with van der Waals surface area (Å²) in [7, 11) is 0. The molecule has 5 atom stereocenters. The minimum absolute atomic E-state index is 0.0658. The number of phenols is 1. The fraction of sp³-hybridized carbons (Fsp3) is 0.522. The highest BCUT2D eigenvalue weighted by atomic mass is 16.3. The SMILES string of the molecule is CCCCc1ccc(O)c2c1CC1CC3CC(=O)C(C(N)=O)C(=O)[C@@]3(O)C(=O)C1C2=O. The number of Topliss-reactive ketones (excluding diaryl/α,β-unsaturated/α-hetero) is 4. The molecule has 4 N–H and O–H groups in total. The first kappa shape index (κ1) is 21.4. The molecule has 1 aromatic rings. The van der Waals surface area contributed by atoms with E-state index in [1.807, 2.05) is 6.92 Å². The second-order valence-corrected chi connectivity index (χ2v) is 8.94. The van der Waals surface area contributed by atoms with Crippen molar-refractivity contribution in [1.82, 2.24) is 0 Å². The maximum atomic E-state index is 13.4. The number of benzene rings is 1. The molecule has 8 heteroatoms. The molecule has 0 aliphatic heterocycles. The quantitative estimate of drug-likeness (QED) is 0.597. The van der Waals surface area contributed by atoms with E-state index in [2.05, 4.69) is 0 Å². The maximum Gasteiger partial charge on any atom is 0.235 e. The number of aromatic hydroxyl groups is 1. The molecule has 0 spiro atoms. The molecule has 3 aliphatic rings. The molecule has 0 aromatic heterocycles. The van der Waals surface area contributed by atoms with Crippen LogP contribution in [0.2, 0.25) is 0 Å². The zero-order valence-electron chi connectivity index (χ0n) is 17.2. The minimum Gasteiger partial charge on any atom is -0.507 e. The molecule has 0 heterocycles. The van der Waals surface area contributed by atoms with Gasteiger partial charge in [-0.25, -0.2) is 0 Å². The Morgan fingerprint density at radius 3 is 2.52 bits per heavy atom. The van der Waals surface area contributed by atoms with Gasteiger partial charge in [0.25, 0.3) is 0 Å². The van der Waals surface area contributed by atoms with Gasteiger partial charge in [0.1, 0.15) is 5.75 Å². The van der Waals surface area contributed by atoms with Crippen LogP contribution in [0, 0.1) is 23.7 Å². The smallest absolute Gasteiger partial charge is 0.235 e. The average Bonchev–Trinajstić information content (AvgIpc) is 2.70. The highest BCUT2D eigenvalue weighted by Crippen LogP contribution is 2.50. The second-order valence-electron chi connectivity index (χ2n) is 8.94. The van der Waals surface area contributed by atoms with E-state index in [9.17, 15) is 34.2 Å². The van der Waals surface area contributed by atoms with Crippen LogP contribution in [0.15, 0.2) is 12.1 Å². The zero-order valence-corrected chi connectivity index (χ0v) is 17.2. The van der Waals surface area contributed by atoms with Gasteiger partial charge < -0.3 is 15.9 Å². The van der Waals surface area contributed by atoms with E-state index in [1.54, 1.807) is 6.07 Å². The Kier molecular flexibility index (Phi) is 5.08. The van der Waals surface area contributed by atoms with E-state index in [0.717, 1.165) is 24.8 Å². The fourth-order valence-electron chi connectivity index (χ4n) is 5.63. The van der Waals surface area contributed by atoms with E-state index in [1.165, 1.54) is 6.07 Å². The molecule has 4 unspecified atom stereocenters. The number of hydrogen-bond acceptors (Lipinski definition) is 7. The van der Waals surface area contributed by atoms with Gasteiger partial charge in [-0.15, -0.1) is 0 Å². The number of amides is 1. The molecule has 31 heavy (non-hydrogen) atoms. The summed E-state index contributed by atoms with van der Waals surface area (Å²) in [5.41, 5.74) is 4.26. The van der Waals surface area contributed by atoms with Crippen LogP contribution in [0.3, 0.4) is 0 Å². The standard InChI is InChI=1S/C23H25NO7/c1-2-3-4-10-5-6-14(25)17-13(10)8-11-7-12-9-15(26)18(22(24)30)21(29)23(12,31)20(28)16(11)19(17)27/h5-6,11-12,16,18,25,31H,2-4,7-9H2,1H3,(H2,24,30)/t11?,12?,16?,18?,23-/m0/s1. The van der Waals surface area contributed by atoms with Crippen LogP contribution >= 0.6 is 0 Å². The van der Waals surface area contributed by atoms with Crippen molar-refractivity contribution in [3.05, 3.63) is 28.8 Å². The maximum absolute atomic E-state index is 13.4. The van der Waals surface area contributed by atoms with Crippen molar-refractivity contribution in [2.24, 2.45) is 29.4 Å². The van der Waals surface area contributed by atoms with Gasteiger partial charge in [0, 0.05) is 12.3 Å². The van der Waals surface area contributed by atoms with E-state index in [-0.39, 0.29) is 24.2 Å².